The van der Waals surface area contributed by atoms with Crippen molar-refractivity contribution in [1.82, 2.24) is 9.80 Å². The molecule has 0 bridgehead atoms. The molecule has 3 fully saturated rings. The third-order valence-electron chi connectivity index (χ3n) is 7.65. The first-order valence-electron chi connectivity index (χ1n) is 12.7. The molecule has 1 amide bonds. The Morgan fingerprint density at radius 3 is 2.38 bits per heavy atom. The van der Waals surface area contributed by atoms with Gasteiger partial charge in [0.05, 0.1) is 23.6 Å². The molecular weight excluding hydrogens is 519 g/mol. The number of hydrogen-bond acceptors (Lipinski definition) is 4. The normalized spacial score (nSPS) is 21.6. The second-order valence-electron chi connectivity index (χ2n) is 10.5. The van der Waals surface area contributed by atoms with Crippen molar-refractivity contribution in [1.29, 1.82) is 5.26 Å². The zero-order valence-corrected chi connectivity index (χ0v) is 22.0. The van der Waals surface area contributed by atoms with Gasteiger partial charge in [-0.2, -0.15) is 5.26 Å². The first-order chi connectivity index (χ1) is 17.7. The average molecular weight is 548 g/mol. The Labute approximate surface area is 225 Å². The maximum absolute atomic E-state index is 15.1. The van der Waals surface area contributed by atoms with Crippen LogP contribution in [0.1, 0.15) is 59.5 Å². The Balaban J connectivity index is 1.25. The third-order valence-corrected chi connectivity index (χ3v) is 8.08. The number of rotatable bonds is 7. The minimum Gasteiger partial charge on any atom is -0.492 e. The Morgan fingerprint density at radius 2 is 1.78 bits per heavy atom. The molecule has 1 saturated carbocycles. The summed E-state index contributed by atoms with van der Waals surface area (Å²) in [4.78, 5) is 16.5. The maximum Gasteiger partial charge on any atom is 0.256 e. The van der Waals surface area contributed by atoms with Crippen LogP contribution in [0.3, 0.4) is 0 Å². The Bertz CT molecular complexity index is 1200. The fourth-order valence-electron chi connectivity index (χ4n) is 5.25. The molecule has 2 aromatic rings. The number of nitrogens with zero attached hydrogens (tertiary/aromatic N) is 3. The predicted molar refractivity (Wildman–Crippen MR) is 138 cm³/mol. The number of likely N-dealkylation sites (tertiary alicyclic amines) is 2. The number of nitriles is 1. The molecule has 2 aliphatic heterocycles. The molecule has 2 heterocycles. The quantitative estimate of drug-likeness (QED) is 0.403. The van der Waals surface area contributed by atoms with E-state index < -0.39 is 23.3 Å². The standard InChI is InChI=1S/C28H29Cl2F2N3O2/c29-20-9-18(10-21(30)11-20)14-34-7-4-28(16-33,5-8-34)17-37-26-13-25(32)24(12-23(26)19-1-2-19)27(36)35-6-3-22(31)15-35/h9-13,19,22H,1-8,14-15,17H2. The molecule has 37 heavy (non-hydrogen) atoms. The van der Waals surface area contributed by atoms with Gasteiger partial charge >= 0.3 is 0 Å². The van der Waals surface area contributed by atoms with Gasteiger partial charge in [-0.15, -0.1) is 0 Å². The predicted octanol–water partition coefficient (Wildman–Crippen LogP) is 6.38. The molecule has 2 aromatic carbocycles. The molecule has 5 nitrogen and oxygen atoms in total. The summed E-state index contributed by atoms with van der Waals surface area (Å²) in [6.45, 7) is 2.56. The van der Waals surface area contributed by atoms with Crippen molar-refractivity contribution in [2.75, 3.05) is 32.8 Å². The van der Waals surface area contributed by atoms with E-state index in [9.17, 15) is 14.4 Å². The lowest BCUT2D eigenvalue weighted by Crippen LogP contribution is -2.42. The van der Waals surface area contributed by atoms with Crippen molar-refractivity contribution < 1.29 is 18.3 Å². The van der Waals surface area contributed by atoms with Crippen molar-refractivity contribution >= 4 is 29.1 Å². The van der Waals surface area contributed by atoms with Gasteiger partial charge in [0.1, 0.15) is 24.3 Å². The van der Waals surface area contributed by atoms with Crippen molar-refractivity contribution in [2.45, 2.75) is 50.7 Å². The summed E-state index contributed by atoms with van der Waals surface area (Å²) in [6.07, 6.45) is 2.35. The lowest BCUT2D eigenvalue weighted by Gasteiger charge is -2.37. The zero-order valence-electron chi connectivity index (χ0n) is 20.5. The number of piperidine rings is 1. The second-order valence-corrected chi connectivity index (χ2v) is 11.4. The number of benzene rings is 2. The highest BCUT2D eigenvalue weighted by molar-refractivity contribution is 6.34. The molecule has 0 aromatic heterocycles. The fourth-order valence-corrected chi connectivity index (χ4v) is 5.82. The maximum atomic E-state index is 15.1. The number of amides is 1. The molecule has 0 radical (unpaired) electrons. The molecule has 0 spiro atoms. The molecule has 0 N–H and O–H groups in total. The van der Waals surface area contributed by atoms with E-state index in [0.29, 0.717) is 54.8 Å². The van der Waals surface area contributed by atoms with Crippen LogP contribution >= 0.6 is 23.2 Å². The van der Waals surface area contributed by atoms with Crippen molar-refractivity contribution in [3.05, 3.63) is 62.9 Å². The average Bonchev–Trinajstić information content (AvgIpc) is 3.62. The molecule has 5 rings (SSSR count). The van der Waals surface area contributed by atoms with Crippen LogP contribution < -0.4 is 4.74 Å². The first-order valence-corrected chi connectivity index (χ1v) is 13.5. The van der Waals surface area contributed by atoms with Crippen LogP contribution in [0.5, 0.6) is 5.75 Å². The number of carbonyl (C=O) groups excluding carboxylic acids is 1. The van der Waals surface area contributed by atoms with E-state index in [4.69, 9.17) is 27.9 Å². The Kier molecular flexibility index (Phi) is 7.63. The molecular formula is C28H29Cl2F2N3O2. The molecule has 3 aliphatic rings. The van der Waals surface area contributed by atoms with E-state index >= 15 is 4.39 Å². The summed E-state index contributed by atoms with van der Waals surface area (Å²) in [7, 11) is 0. The molecule has 1 aliphatic carbocycles. The van der Waals surface area contributed by atoms with Gasteiger partial charge in [0.2, 0.25) is 0 Å². The third kappa shape index (κ3) is 6.03. The van der Waals surface area contributed by atoms with Gasteiger partial charge in [0.15, 0.2) is 0 Å². The van der Waals surface area contributed by atoms with Crippen molar-refractivity contribution in [2.24, 2.45) is 5.41 Å². The number of carbonyl (C=O) groups is 1. The minimum atomic E-state index is -1.06. The monoisotopic (exact) mass is 547 g/mol. The van der Waals surface area contributed by atoms with Crippen molar-refractivity contribution in [3.8, 4) is 11.8 Å². The first kappa shape index (κ1) is 26.2. The highest BCUT2D eigenvalue weighted by Crippen LogP contribution is 2.46. The van der Waals surface area contributed by atoms with Crippen LogP contribution in [0.15, 0.2) is 30.3 Å². The smallest absolute Gasteiger partial charge is 0.256 e. The van der Waals surface area contributed by atoms with E-state index in [0.717, 1.165) is 24.0 Å². The van der Waals surface area contributed by atoms with Crippen LogP contribution in [0.2, 0.25) is 10.0 Å². The molecule has 1 atom stereocenters. The number of halogens is 4. The highest BCUT2D eigenvalue weighted by Gasteiger charge is 2.37. The molecule has 2 saturated heterocycles. The number of alkyl halides is 1. The summed E-state index contributed by atoms with van der Waals surface area (Å²) in [6, 6.07) is 10.8. The van der Waals surface area contributed by atoms with Gasteiger partial charge in [0.25, 0.3) is 5.91 Å². The summed E-state index contributed by atoms with van der Waals surface area (Å²) in [5.41, 5.74) is 1.10. The lowest BCUT2D eigenvalue weighted by atomic mass is 9.80. The van der Waals surface area contributed by atoms with Gasteiger partial charge in [-0.25, -0.2) is 8.78 Å². The number of ether oxygens (including phenoxy) is 1. The van der Waals surface area contributed by atoms with Gasteiger partial charge in [0, 0.05) is 42.3 Å². The van der Waals surface area contributed by atoms with E-state index in [-0.39, 0.29) is 31.1 Å². The molecule has 9 heteroatoms. The minimum absolute atomic E-state index is 0.00133. The summed E-state index contributed by atoms with van der Waals surface area (Å²) in [5, 5.41) is 11.2. The fraction of sp³-hybridized carbons (Fsp3) is 0.500. The Morgan fingerprint density at radius 1 is 1.08 bits per heavy atom. The molecule has 1 unspecified atom stereocenters. The largest absolute Gasteiger partial charge is 0.492 e. The van der Waals surface area contributed by atoms with Crippen LogP contribution in [-0.2, 0) is 6.54 Å². The van der Waals surface area contributed by atoms with Crippen LogP contribution in [0.25, 0.3) is 0 Å². The topological polar surface area (TPSA) is 56.6 Å². The van der Waals surface area contributed by atoms with Gasteiger partial charge in [-0.3, -0.25) is 9.69 Å². The SMILES string of the molecule is N#CC1(COc2cc(F)c(C(=O)N3CCC(F)C3)cc2C2CC2)CCN(Cc2cc(Cl)cc(Cl)c2)CC1. The molecule has 196 valence electrons. The summed E-state index contributed by atoms with van der Waals surface area (Å²) >= 11 is 12.3. The van der Waals surface area contributed by atoms with Crippen LogP contribution in [0, 0.1) is 22.6 Å². The van der Waals surface area contributed by atoms with E-state index in [2.05, 4.69) is 11.0 Å². The van der Waals surface area contributed by atoms with Crippen LogP contribution in [-0.4, -0.2) is 54.7 Å². The van der Waals surface area contributed by atoms with Gasteiger partial charge in [-0.05, 0) is 73.4 Å². The zero-order chi connectivity index (χ0) is 26.2. The highest BCUT2D eigenvalue weighted by atomic mass is 35.5. The van der Waals surface area contributed by atoms with Gasteiger partial charge < -0.3 is 9.64 Å². The second kappa shape index (κ2) is 10.8. The van der Waals surface area contributed by atoms with E-state index in [1.807, 2.05) is 12.1 Å². The number of hydrogen-bond donors (Lipinski definition) is 0. The van der Waals surface area contributed by atoms with Crippen LogP contribution in [0.4, 0.5) is 8.78 Å². The van der Waals surface area contributed by atoms with E-state index in [1.165, 1.54) is 11.0 Å². The Hall–Kier alpha value is -2.40. The van der Waals surface area contributed by atoms with Crippen molar-refractivity contribution in [3.63, 3.8) is 0 Å². The lowest BCUT2D eigenvalue weighted by molar-refractivity contribution is 0.0777. The van der Waals surface area contributed by atoms with E-state index in [1.54, 1.807) is 12.1 Å². The summed E-state index contributed by atoms with van der Waals surface area (Å²) in [5.74, 6) is -0.549. The van der Waals surface area contributed by atoms with Gasteiger partial charge in [-0.1, -0.05) is 23.2 Å². The summed E-state index contributed by atoms with van der Waals surface area (Å²) < 4.78 is 34.8.